The third-order valence-corrected chi connectivity index (χ3v) is 5.74. The second-order valence-corrected chi connectivity index (χ2v) is 7.90. The third kappa shape index (κ3) is 7.06. The molecular formula is C23H38N4O3. The highest BCUT2D eigenvalue weighted by Crippen LogP contribution is 2.22. The van der Waals surface area contributed by atoms with Crippen molar-refractivity contribution in [2.75, 3.05) is 77.7 Å². The fraction of sp³-hybridized carbons (Fsp3) is 0.696. The van der Waals surface area contributed by atoms with Gasteiger partial charge in [0, 0.05) is 77.4 Å². The summed E-state index contributed by atoms with van der Waals surface area (Å²) in [6.07, 6.45) is 3.22. The molecule has 2 aliphatic heterocycles. The van der Waals surface area contributed by atoms with Crippen LogP contribution in [0.5, 0.6) is 5.75 Å². The van der Waals surface area contributed by atoms with E-state index in [1.54, 1.807) is 7.11 Å². The third-order valence-electron chi connectivity index (χ3n) is 5.74. The van der Waals surface area contributed by atoms with Gasteiger partial charge >= 0.3 is 0 Å². The van der Waals surface area contributed by atoms with Crippen molar-refractivity contribution in [3.63, 3.8) is 0 Å². The Morgan fingerprint density at radius 1 is 1.20 bits per heavy atom. The summed E-state index contributed by atoms with van der Waals surface area (Å²) in [7, 11) is 1.71. The maximum Gasteiger partial charge on any atom is 0.194 e. The molecule has 1 aromatic carbocycles. The van der Waals surface area contributed by atoms with Gasteiger partial charge < -0.3 is 29.3 Å². The Hall–Kier alpha value is -1.99. The maximum atomic E-state index is 5.87. The van der Waals surface area contributed by atoms with Crippen molar-refractivity contribution in [3.8, 4) is 5.75 Å². The lowest BCUT2D eigenvalue weighted by Crippen LogP contribution is -2.52. The molecule has 2 fully saturated rings. The van der Waals surface area contributed by atoms with E-state index in [0.29, 0.717) is 5.92 Å². The number of nitrogens with one attached hydrogen (secondary N) is 1. The fourth-order valence-corrected chi connectivity index (χ4v) is 3.92. The predicted octanol–water partition coefficient (Wildman–Crippen LogP) is 2.62. The number of aliphatic imine (C=N–C) groups is 1. The van der Waals surface area contributed by atoms with Crippen molar-refractivity contribution >= 4 is 11.6 Å². The van der Waals surface area contributed by atoms with E-state index < -0.39 is 0 Å². The van der Waals surface area contributed by atoms with E-state index in [9.17, 15) is 0 Å². The Morgan fingerprint density at radius 2 is 2.00 bits per heavy atom. The van der Waals surface area contributed by atoms with E-state index in [2.05, 4.69) is 40.2 Å². The number of guanidine groups is 1. The summed E-state index contributed by atoms with van der Waals surface area (Å²) in [4.78, 5) is 9.61. The molecule has 3 rings (SSSR count). The molecule has 7 nitrogen and oxygen atoms in total. The van der Waals surface area contributed by atoms with Gasteiger partial charge in [-0.25, -0.2) is 0 Å². The average Bonchev–Trinajstić information content (AvgIpc) is 2.81. The zero-order chi connectivity index (χ0) is 21.0. The highest BCUT2D eigenvalue weighted by Gasteiger charge is 2.20. The number of ether oxygens (including phenoxy) is 3. The summed E-state index contributed by atoms with van der Waals surface area (Å²) in [5.74, 6) is 2.59. The molecule has 168 valence electrons. The van der Waals surface area contributed by atoms with Gasteiger partial charge in [0.1, 0.15) is 5.75 Å². The lowest BCUT2D eigenvalue weighted by atomic mass is 10.0. The van der Waals surface area contributed by atoms with Gasteiger partial charge in [-0.1, -0.05) is 6.07 Å². The first-order valence-corrected chi connectivity index (χ1v) is 11.4. The highest BCUT2D eigenvalue weighted by atomic mass is 16.5. The molecule has 1 aromatic rings. The summed E-state index contributed by atoms with van der Waals surface area (Å²) in [5.41, 5.74) is 1.22. The van der Waals surface area contributed by atoms with Crippen LogP contribution < -0.4 is 15.0 Å². The van der Waals surface area contributed by atoms with E-state index in [4.69, 9.17) is 19.2 Å². The van der Waals surface area contributed by atoms with Crippen LogP contribution in [0.3, 0.4) is 0 Å². The Morgan fingerprint density at radius 3 is 2.73 bits per heavy atom. The molecule has 1 N–H and O–H groups in total. The van der Waals surface area contributed by atoms with Crippen molar-refractivity contribution in [2.45, 2.75) is 26.2 Å². The summed E-state index contributed by atoms with van der Waals surface area (Å²) in [6, 6.07) is 8.30. The molecule has 0 radical (unpaired) electrons. The van der Waals surface area contributed by atoms with Crippen molar-refractivity contribution < 1.29 is 14.2 Å². The van der Waals surface area contributed by atoms with Gasteiger partial charge in [-0.15, -0.1) is 0 Å². The number of rotatable bonds is 9. The largest absolute Gasteiger partial charge is 0.497 e. The fourth-order valence-electron chi connectivity index (χ4n) is 3.92. The van der Waals surface area contributed by atoms with Crippen molar-refractivity contribution in [2.24, 2.45) is 10.9 Å². The standard InChI is InChI=1S/C23H38N4O3/c1-3-24-23(25-10-5-15-30-19-20-8-16-29-17-9-20)27-13-11-26(12-14-27)21-6-4-7-22(18-21)28-2/h4,6-7,18,20H,3,5,8-17,19H2,1-2H3,(H,24,25). The zero-order valence-corrected chi connectivity index (χ0v) is 18.6. The Labute approximate surface area is 181 Å². The maximum absolute atomic E-state index is 5.87. The number of anilines is 1. The van der Waals surface area contributed by atoms with Crippen molar-refractivity contribution in [1.29, 1.82) is 0 Å². The normalized spacial score (nSPS) is 18.5. The Bertz CT molecular complexity index is 641. The van der Waals surface area contributed by atoms with E-state index in [0.717, 1.165) is 96.7 Å². The molecule has 2 saturated heterocycles. The molecule has 2 aliphatic rings. The Kier molecular flexibility index (Phi) is 9.57. The summed E-state index contributed by atoms with van der Waals surface area (Å²) in [5, 5.41) is 3.45. The first-order chi connectivity index (χ1) is 14.8. The minimum Gasteiger partial charge on any atom is -0.497 e. The van der Waals surface area contributed by atoms with Crippen LogP contribution in [0, 0.1) is 5.92 Å². The van der Waals surface area contributed by atoms with E-state index in [-0.39, 0.29) is 0 Å². The van der Waals surface area contributed by atoms with Crippen molar-refractivity contribution in [3.05, 3.63) is 24.3 Å². The summed E-state index contributed by atoms with van der Waals surface area (Å²) in [6.45, 7) is 11.1. The first-order valence-electron chi connectivity index (χ1n) is 11.4. The second kappa shape index (κ2) is 12.6. The number of nitrogens with zero attached hydrogens (tertiary/aromatic N) is 3. The lowest BCUT2D eigenvalue weighted by Gasteiger charge is -2.37. The van der Waals surface area contributed by atoms with Crippen LogP contribution in [-0.4, -0.2) is 83.7 Å². The number of benzene rings is 1. The molecule has 0 aromatic heterocycles. The number of methoxy groups -OCH3 is 1. The SMILES string of the molecule is CCNC(=NCCCOCC1CCOCC1)N1CCN(c2cccc(OC)c2)CC1. The summed E-state index contributed by atoms with van der Waals surface area (Å²) < 4.78 is 16.6. The van der Waals surface area contributed by atoms with Crippen LogP contribution in [0.25, 0.3) is 0 Å². The zero-order valence-electron chi connectivity index (χ0n) is 18.6. The predicted molar refractivity (Wildman–Crippen MR) is 122 cm³/mol. The number of hydrogen-bond donors (Lipinski definition) is 1. The molecule has 0 amide bonds. The number of piperazine rings is 1. The molecule has 0 atom stereocenters. The topological polar surface area (TPSA) is 58.6 Å². The van der Waals surface area contributed by atoms with Gasteiger partial charge in [-0.05, 0) is 44.2 Å². The smallest absolute Gasteiger partial charge is 0.194 e. The van der Waals surface area contributed by atoms with Gasteiger partial charge in [0.15, 0.2) is 5.96 Å². The van der Waals surface area contributed by atoms with Gasteiger partial charge in [0.05, 0.1) is 7.11 Å². The van der Waals surface area contributed by atoms with Crippen LogP contribution in [-0.2, 0) is 9.47 Å². The summed E-state index contributed by atoms with van der Waals surface area (Å²) >= 11 is 0. The first kappa shape index (κ1) is 22.7. The molecular weight excluding hydrogens is 380 g/mol. The lowest BCUT2D eigenvalue weighted by molar-refractivity contribution is 0.0205. The molecule has 0 unspecified atom stereocenters. The van der Waals surface area contributed by atoms with Crippen LogP contribution >= 0.6 is 0 Å². The molecule has 30 heavy (non-hydrogen) atoms. The molecule has 0 spiro atoms. The monoisotopic (exact) mass is 418 g/mol. The van der Waals surface area contributed by atoms with Gasteiger partial charge in [0.25, 0.3) is 0 Å². The van der Waals surface area contributed by atoms with Gasteiger partial charge in [-0.2, -0.15) is 0 Å². The molecule has 7 heteroatoms. The van der Waals surface area contributed by atoms with Crippen LogP contribution in [0.2, 0.25) is 0 Å². The van der Waals surface area contributed by atoms with Crippen molar-refractivity contribution in [1.82, 2.24) is 10.2 Å². The van der Waals surface area contributed by atoms with Crippen LogP contribution in [0.4, 0.5) is 5.69 Å². The van der Waals surface area contributed by atoms with E-state index in [1.165, 1.54) is 5.69 Å². The number of hydrogen-bond acceptors (Lipinski definition) is 5. The van der Waals surface area contributed by atoms with E-state index >= 15 is 0 Å². The van der Waals surface area contributed by atoms with Gasteiger partial charge in [-0.3, -0.25) is 4.99 Å². The molecule has 0 bridgehead atoms. The van der Waals surface area contributed by atoms with Crippen LogP contribution in [0.15, 0.2) is 29.3 Å². The minimum absolute atomic E-state index is 0.667. The highest BCUT2D eigenvalue weighted by molar-refractivity contribution is 5.80. The Balaban J connectivity index is 1.39. The average molecular weight is 419 g/mol. The molecule has 2 heterocycles. The van der Waals surface area contributed by atoms with E-state index in [1.807, 2.05) is 6.07 Å². The quantitative estimate of drug-likeness (QED) is 0.378. The minimum atomic E-state index is 0.667. The van der Waals surface area contributed by atoms with Crippen LogP contribution in [0.1, 0.15) is 26.2 Å². The second-order valence-electron chi connectivity index (χ2n) is 7.90. The molecule has 0 saturated carbocycles. The molecule has 0 aliphatic carbocycles. The van der Waals surface area contributed by atoms with Gasteiger partial charge in [0.2, 0.25) is 0 Å².